The third-order valence-electron chi connectivity index (χ3n) is 3.30. The fourth-order valence-electron chi connectivity index (χ4n) is 2.04. The predicted molar refractivity (Wildman–Crippen MR) is 80.2 cm³/mol. The Bertz CT molecular complexity index is 710. The van der Waals surface area contributed by atoms with Crippen molar-refractivity contribution in [1.82, 2.24) is 19.7 Å². The molecule has 2 aromatic rings. The van der Waals surface area contributed by atoms with Gasteiger partial charge in [-0.25, -0.2) is 13.1 Å². The molecule has 21 heavy (non-hydrogen) atoms. The Morgan fingerprint density at radius 2 is 2.10 bits per heavy atom. The molecule has 0 aliphatic carbocycles. The maximum Gasteiger partial charge on any atom is 0.242 e. The van der Waals surface area contributed by atoms with Crippen molar-refractivity contribution in [3.63, 3.8) is 0 Å². The molecule has 3 N–H and O–H groups in total. The van der Waals surface area contributed by atoms with Crippen LogP contribution in [0.1, 0.15) is 17.5 Å². The van der Waals surface area contributed by atoms with E-state index in [1.807, 2.05) is 13.0 Å². The molecule has 0 bridgehead atoms. The van der Waals surface area contributed by atoms with Crippen LogP contribution in [0.2, 0.25) is 0 Å². The summed E-state index contributed by atoms with van der Waals surface area (Å²) in [4.78, 5) is 0.170. The second-order valence-corrected chi connectivity index (χ2v) is 6.55. The monoisotopic (exact) mass is 309 g/mol. The number of aryl methyl sites for hydroxylation is 2. The Kier molecular flexibility index (Phi) is 4.59. The summed E-state index contributed by atoms with van der Waals surface area (Å²) in [6, 6.07) is 3.43. The Morgan fingerprint density at radius 3 is 2.76 bits per heavy atom. The number of nitrogens with zero attached hydrogens (tertiary/aromatic N) is 3. The Labute approximate surface area is 124 Å². The number of nitrogens with one attached hydrogen (secondary N) is 1. The quantitative estimate of drug-likeness (QED) is 0.608. The van der Waals surface area contributed by atoms with Crippen molar-refractivity contribution in [3.8, 4) is 0 Å². The maximum absolute atomic E-state index is 12.4. The zero-order chi connectivity index (χ0) is 15.5. The molecule has 7 nitrogen and oxygen atoms in total. The third-order valence-corrected chi connectivity index (χ3v) is 4.97. The van der Waals surface area contributed by atoms with Crippen molar-refractivity contribution >= 4 is 15.7 Å². The fraction of sp³-hybridized carbons (Fsp3) is 0.385. The van der Waals surface area contributed by atoms with Gasteiger partial charge in [0.1, 0.15) is 4.90 Å². The van der Waals surface area contributed by atoms with Gasteiger partial charge >= 0.3 is 0 Å². The van der Waals surface area contributed by atoms with Gasteiger partial charge in [0.05, 0.1) is 11.9 Å². The van der Waals surface area contributed by atoms with Gasteiger partial charge < -0.3 is 5.73 Å². The van der Waals surface area contributed by atoms with Crippen LogP contribution >= 0.6 is 0 Å². The molecule has 0 saturated heterocycles. The van der Waals surface area contributed by atoms with Gasteiger partial charge in [-0.3, -0.25) is 4.68 Å². The van der Waals surface area contributed by atoms with Crippen molar-refractivity contribution in [3.05, 3.63) is 35.7 Å². The van der Waals surface area contributed by atoms with E-state index >= 15 is 0 Å². The lowest BCUT2D eigenvalue weighted by Gasteiger charge is -2.13. The molecule has 0 aliphatic rings. The second-order valence-electron chi connectivity index (χ2n) is 4.84. The van der Waals surface area contributed by atoms with Crippen molar-refractivity contribution in [2.75, 3.05) is 12.3 Å². The molecule has 1 aromatic carbocycles. The van der Waals surface area contributed by atoms with E-state index in [9.17, 15) is 8.42 Å². The van der Waals surface area contributed by atoms with Gasteiger partial charge in [-0.05, 0) is 37.5 Å². The number of hydrogen-bond acceptors (Lipinski definition) is 5. The first-order valence-electron chi connectivity index (χ1n) is 6.61. The zero-order valence-electron chi connectivity index (χ0n) is 12.1. The molecule has 114 valence electrons. The van der Waals surface area contributed by atoms with Gasteiger partial charge in [0, 0.05) is 19.3 Å². The summed E-state index contributed by atoms with van der Waals surface area (Å²) in [5, 5.41) is 7.51. The lowest BCUT2D eigenvalue weighted by atomic mass is 10.1. The highest BCUT2D eigenvalue weighted by atomic mass is 32.2. The molecular weight excluding hydrogens is 290 g/mol. The van der Waals surface area contributed by atoms with Crippen molar-refractivity contribution in [2.45, 2.75) is 31.7 Å². The molecule has 8 heteroatoms. The number of nitrogen functional groups attached to an aromatic ring is 1. The van der Waals surface area contributed by atoms with Crippen molar-refractivity contribution < 1.29 is 8.42 Å². The largest absolute Gasteiger partial charge is 0.398 e. The zero-order valence-corrected chi connectivity index (χ0v) is 12.9. The van der Waals surface area contributed by atoms with Crippen LogP contribution in [-0.2, 0) is 16.6 Å². The molecule has 0 unspecified atom stereocenters. The molecule has 1 aromatic heterocycles. The topological polar surface area (TPSA) is 103 Å². The number of nitrogens with two attached hydrogens (primary N) is 1. The smallest absolute Gasteiger partial charge is 0.242 e. The summed E-state index contributed by atoms with van der Waals surface area (Å²) in [7, 11) is -3.61. The second kappa shape index (κ2) is 6.23. The molecular formula is C13H19N5O2S. The van der Waals surface area contributed by atoms with E-state index in [1.165, 1.54) is 0 Å². The van der Waals surface area contributed by atoms with Crippen LogP contribution in [0, 0.1) is 13.8 Å². The SMILES string of the molecule is Cc1ccc(N)c(S(=O)(=O)NCCCn2ccnn2)c1C. The number of benzene rings is 1. The molecule has 0 atom stereocenters. The third kappa shape index (κ3) is 3.59. The normalized spacial score (nSPS) is 11.7. The first kappa shape index (κ1) is 15.5. The summed E-state index contributed by atoms with van der Waals surface area (Å²) < 4.78 is 29.0. The fourth-order valence-corrected chi connectivity index (χ4v) is 3.54. The Morgan fingerprint density at radius 1 is 1.33 bits per heavy atom. The van der Waals surface area contributed by atoms with Crippen LogP contribution in [0.25, 0.3) is 0 Å². The van der Waals surface area contributed by atoms with Crippen LogP contribution in [0.4, 0.5) is 5.69 Å². The van der Waals surface area contributed by atoms with Crippen molar-refractivity contribution in [2.24, 2.45) is 0 Å². The van der Waals surface area contributed by atoms with Gasteiger partial charge in [-0.2, -0.15) is 0 Å². The molecule has 0 spiro atoms. The average Bonchev–Trinajstić information content (AvgIpc) is 2.92. The number of anilines is 1. The first-order valence-corrected chi connectivity index (χ1v) is 8.09. The van der Waals surface area contributed by atoms with E-state index in [0.717, 1.165) is 5.56 Å². The number of aromatic nitrogens is 3. The highest BCUT2D eigenvalue weighted by molar-refractivity contribution is 7.89. The van der Waals surface area contributed by atoms with Crippen LogP contribution < -0.4 is 10.5 Å². The van der Waals surface area contributed by atoms with E-state index < -0.39 is 10.0 Å². The number of rotatable bonds is 6. The predicted octanol–water partition coefficient (Wildman–Crippen LogP) is 0.846. The van der Waals surface area contributed by atoms with Crippen LogP contribution in [-0.4, -0.2) is 30.0 Å². The highest BCUT2D eigenvalue weighted by Crippen LogP contribution is 2.24. The van der Waals surface area contributed by atoms with E-state index in [1.54, 1.807) is 30.1 Å². The summed E-state index contributed by atoms with van der Waals surface area (Å²) in [5.74, 6) is 0. The van der Waals surface area contributed by atoms with Gasteiger partial charge in [-0.15, -0.1) is 5.10 Å². The lowest BCUT2D eigenvalue weighted by molar-refractivity contribution is 0.542. The molecule has 2 rings (SSSR count). The lowest BCUT2D eigenvalue weighted by Crippen LogP contribution is -2.27. The number of hydrogen-bond donors (Lipinski definition) is 2. The van der Waals surface area contributed by atoms with Crippen molar-refractivity contribution in [1.29, 1.82) is 0 Å². The van der Waals surface area contributed by atoms with Gasteiger partial charge in [0.25, 0.3) is 0 Å². The minimum absolute atomic E-state index is 0.170. The van der Waals surface area contributed by atoms with E-state index in [4.69, 9.17) is 5.73 Å². The molecule has 0 aliphatic heterocycles. The minimum Gasteiger partial charge on any atom is -0.398 e. The van der Waals surface area contributed by atoms with Crippen LogP contribution in [0.15, 0.2) is 29.4 Å². The maximum atomic E-state index is 12.4. The molecule has 0 radical (unpaired) electrons. The summed E-state index contributed by atoms with van der Waals surface area (Å²) in [5.41, 5.74) is 7.66. The average molecular weight is 309 g/mol. The van der Waals surface area contributed by atoms with Gasteiger partial charge in [-0.1, -0.05) is 11.3 Å². The standard InChI is InChI=1S/C13H19N5O2S/c1-10-4-5-12(14)13(11(10)2)21(19,20)16-6-3-8-18-9-7-15-17-18/h4-5,7,9,16H,3,6,8,14H2,1-2H3. The summed E-state index contributed by atoms with van der Waals surface area (Å²) in [6.07, 6.45) is 3.94. The van der Waals surface area contributed by atoms with E-state index in [-0.39, 0.29) is 10.6 Å². The minimum atomic E-state index is -3.61. The molecule has 0 saturated carbocycles. The Hall–Kier alpha value is -1.93. The summed E-state index contributed by atoms with van der Waals surface area (Å²) >= 11 is 0. The highest BCUT2D eigenvalue weighted by Gasteiger charge is 2.20. The number of sulfonamides is 1. The van der Waals surface area contributed by atoms with Crippen LogP contribution in [0.5, 0.6) is 0 Å². The molecule has 0 fully saturated rings. The molecule has 1 heterocycles. The Balaban J connectivity index is 2.04. The molecule has 0 amide bonds. The van der Waals surface area contributed by atoms with Crippen LogP contribution in [0.3, 0.4) is 0 Å². The van der Waals surface area contributed by atoms with Gasteiger partial charge in [0.15, 0.2) is 0 Å². The van der Waals surface area contributed by atoms with Gasteiger partial charge in [0.2, 0.25) is 10.0 Å². The van der Waals surface area contributed by atoms with E-state index in [2.05, 4.69) is 15.0 Å². The van der Waals surface area contributed by atoms with E-state index in [0.29, 0.717) is 25.1 Å². The first-order chi connectivity index (χ1) is 9.92. The summed E-state index contributed by atoms with van der Waals surface area (Å²) in [6.45, 7) is 4.54.